The number of nitrogens with zero attached hydrogens (tertiary/aromatic N) is 4. The number of carbonyl (C=O) groups is 1. The van der Waals surface area contributed by atoms with Gasteiger partial charge in [-0.3, -0.25) is 4.79 Å². The summed E-state index contributed by atoms with van der Waals surface area (Å²) in [4.78, 5) is 28.4. The zero-order valence-electron chi connectivity index (χ0n) is 17.7. The molecule has 31 heavy (non-hydrogen) atoms. The fraction of sp³-hybridized carbons (Fsp3) is 0.273. The molecule has 160 valence electrons. The maximum absolute atomic E-state index is 13.0. The second kappa shape index (κ2) is 9.07. The molecule has 0 spiro atoms. The molecule has 1 N–H and O–H groups in total. The van der Waals surface area contributed by atoms with Gasteiger partial charge in [0.1, 0.15) is 33.8 Å². The van der Waals surface area contributed by atoms with Crippen LogP contribution in [0.25, 0.3) is 10.2 Å². The molecule has 0 fully saturated rings. The minimum absolute atomic E-state index is 0.111. The first kappa shape index (κ1) is 21.3. The summed E-state index contributed by atoms with van der Waals surface area (Å²) in [6, 6.07) is 7.22. The topological polar surface area (TPSA) is 81.9 Å². The number of benzene rings is 1. The van der Waals surface area contributed by atoms with E-state index in [1.54, 1.807) is 31.0 Å². The number of amides is 1. The number of rotatable bonds is 7. The smallest absolute Gasteiger partial charge is 0.231 e. The van der Waals surface area contributed by atoms with E-state index in [0.717, 1.165) is 26.6 Å². The summed E-state index contributed by atoms with van der Waals surface area (Å²) in [6.45, 7) is 4.15. The molecule has 7 nitrogen and oxygen atoms in total. The van der Waals surface area contributed by atoms with Crippen molar-refractivity contribution in [1.82, 2.24) is 24.8 Å². The van der Waals surface area contributed by atoms with Gasteiger partial charge in [-0.15, -0.1) is 11.3 Å². The van der Waals surface area contributed by atoms with Gasteiger partial charge in [-0.25, -0.2) is 15.0 Å². The van der Waals surface area contributed by atoms with Crippen molar-refractivity contribution in [2.45, 2.75) is 24.9 Å². The van der Waals surface area contributed by atoms with E-state index in [1.165, 1.54) is 22.2 Å². The van der Waals surface area contributed by atoms with Crippen LogP contribution in [0.5, 0.6) is 5.75 Å². The number of carbonyl (C=O) groups excluding carboxylic acids is 1. The van der Waals surface area contributed by atoms with Crippen molar-refractivity contribution in [3.63, 3.8) is 0 Å². The average molecular weight is 454 g/mol. The second-order valence-corrected chi connectivity index (χ2v) is 9.24. The highest BCUT2D eigenvalue weighted by Crippen LogP contribution is 2.34. The Hall–Kier alpha value is -2.91. The van der Waals surface area contributed by atoms with Crippen molar-refractivity contribution in [3.05, 3.63) is 64.8 Å². The molecule has 0 aliphatic carbocycles. The van der Waals surface area contributed by atoms with Gasteiger partial charge < -0.3 is 14.6 Å². The number of nitrogens with one attached hydrogen (secondary N) is 1. The first-order valence-corrected chi connectivity index (χ1v) is 11.5. The number of hydrogen-bond acceptors (Lipinski definition) is 7. The van der Waals surface area contributed by atoms with Crippen LogP contribution in [-0.2, 0) is 11.8 Å². The Labute approximate surface area is 188 Å². The number of aromatic nitrogens is 4. The fourth-order valence-corrected chi connectivity index (χ4v) is 5.37. The number of fused-ring (bicyclic) bond motifs is 1. The summed E-state index contributed by atoms with van der Waals surface area (Å²) in [7, 11) is 3.53. The lowest BCUT2D eigenvalue weighted by atomic mass is 10.0. The zero-order chi connectivity index (χ0) is 22.0. The van der Waals surface area contributed by atoms with Crippen LogP contribution in [0.1, 0.15) is 27.9 Å². The van der Waals surface area contributed by atoms with E-state index < -0.39 is 6.04 Å². The minimum Gasteiger partial charge on any atom is -0.496 e. The highest BCUT2D eigenvalue weighted by molar-refractivity contribution is 8.00. The molecular formula is C22H23N5O2S2. The van der Waals surface area contributed by atoms with Gasteiger partial charge in [0.2, 0.25) is 5.91 Å². The van der Waals surface area contributed by atoms with Crippen LogP contribution in [0.2, 0.25) is 0 Å². The number of thioether (sulfide) groups is 1. The van der Waals surface area contributed by atoms with E-state index in [1.807, 2.05) is 42.1 Å². The summed E-state index contributed by atoms with van der Waals surface area (Å²) in [6.07, 6.45) is 5.14. The zero-order valence-corrected chi connectivity index (χ0v) is 19.4. The monoisotopic (exact) mass is 453 g/mol. The van der Waals surface area contributed by atoms with Crippen LogP contribution in [0, 0.1) is 13.8 Å². The van der Waals surface area contributed by atoms with E-state index in [2.05, 4.69) is 34.1 Å². The number of para-hydroxylation sites is 1. The Kier molecular flexibility index (Phi) is 6.24. The van der Waals surface area contributed by atoms with Gasteiger partial charge in [-0.05, 0) is 25.5 Å². The predicted octanol–water partition coefficient (Wildman–Crippen LogP) is 4.05. The molecule has 1 unspecified atom stereocenters. The van der Waals surface area contributed by atoms with E-state index in [0.29, 0.717) is 5.75 Å². The van der Waals surface area contributed by atoms with Crippen molar-refractivity contribution in [2.75, 3.05) is 12.9 Å². The molecule has 0 aliphatic heterocycles. The van der Waals surface area contributed by atoms with Gasteiger partial charge in [0.25, 0.3) is 0 Å². The van der Waals surface area contributed by atoms with E-state index in [-0.39, 0.29) is 11.7 Å². The highest BCUT2D eigenvalue weighted by Gasteiger charge is 2.24. The third-order valence-electron chi connectivity index (χ3n) is 5.14. The number of hydrogen-bond donors (Lipinski definition) is 1. The lowest BCUT2D eigenvalue weighted by molar-refractivity contribution is -0.119. The SMILES string of the molecule is COc1ccccc1C(NC(=O)CSc1ncnc2sc(C)c(C)c12)c1nccn1C. The van der Waals surface area contributed by atoms with Gasteiger partial charge in [-0.1, -0.05) is 30.0 Å². The molecule has 0 radical (unpaired) electrons. The molecule has 3 aromatic heterocycles. The first-order valence-electron chi connectivity index (χ1n) is 9.72. The Balaban J connectivity index is 1.57. The Morgan fingerprint density at radius 2 is 2.06 bits per heavy atom. The minimum atomic E-state index is -0.431. The van der Waals surface area contributed by atoms with Crippen molar-refractivity contribution < 1.29 is 9.53 Å². The quantitative estimate of drug-likeness (QED) is 0.336. The molecule has 0 saturated heterocycles. The Morgan fingerprint density at radius 1 is 1.26 bits per heavy atom. The van der Waals surface area contributed by atoms with Crippen LogP contribution in [0.4, 0.5) is 0 Å². The molecule has 4 aromatic rings. The Bertz CT molecular complexity index is 1230. The summed E-state index contributed by atoms with van der Waals surface area (Å²) >= 11 is 3.07. The molecule has 0 bridgehead atoms. The maximum Gasteiger partial charge on any atom is 0.231 e. The van der Waals surface area contributed by atoms with Crippen LogP contribution >= 0.6 is 23.1 Å². The number of imidazole rings is 1. The molecule has 1 aromatic carbocycles. The van der Waals surface area contributed by atoms with E-state index in [4.69, 9.17) is 4.74 Å². The first-order chi connectivity index (χ1) is 15.0. The standard InChI is InChI=1S/C22H23N5O2S2/c1-13-14(2)31-22-18(13)21(24-12-25-22)30-11-17(28)26-19(20-23-9-10-27(20)3)15-7-5-6-8-16(15)29-4/h5-10,12,19H,11H2,1-4H3,(H,26,28). The van der Waals surface area contributed by atoms with Crippen molar-refractivity contribution in [3.8, 4) is 5.75 Å². The summed E-state index contributed by atoms with van der Waals surface area (Å²) in [5.41, 5.74) is 2.02. The van der Waals surface area contributed by atoms with Crippen molar-refractivity contribution in [2.24, 2.45) is 7.05 Å². The van der Waals surface area contributed by atoms with Gasteiger partial charge in [0.05, 0.1) is 12.9 Å². The predicted molar refractivity (Wildman–Crippen MR) is 124 cm³/mol. The normalized spacial score (nSPS) is 12.1. The molecule has 0 saturated carbocycles. The molecular weight excluding hydrogens is 430 g/mol. The lowest BCUT2D eigenvalue weighted by Crippen LogP contribution is -2.32. The summed E-state index contributed by atoms with van der Waals surface area (Å²) < 4.78 is 7.43. The summed E-state index contributed by atoms with van der Waals surface area (Å²) in [5.74, 6) is 1.55. The van der Waals surface area contributed by atoms with E-state index >= 15 is 0 Å². The number of thiophene rings is 1. The molecule has 9 heteroatoms. The third-order valence-corrected chi connectivity index (χ3v) is 7.25. The van der Waals surface area contributed by atoms with Crippen LogP contribution in [0.3, 0.4) is 0 Å². The van der Waals surface area contributed by atoms with Gasteiger partial charge in [0.15, 0.2) is 0 Å². The van der Waals surface area contributed by atoms with Crippen molar-refractivity contribution in [1.29, 1.82) is 0 Å². The molecule has 3 heterocycles. The fourth-order valence-electron chi connectivity index (χ4n) is 3.44. The van der Waals surface area contributed by atoms with Gasteiger partial charge in [0, 0.05) is 35.3 Å². The number of ether oxygens (including phenoxy) is 1. The van der Waals surface area contributed by atoms with Crippen LogP contribution < -0.4 is 10.1 Å². The largest absolute Gasteiger partial charge is 0.496 e. The average Bonchev–Trinajstić information content (AvgIpc) is 3.33. The van der Waals surface area contributed by atoms with Crippen molar-refractivity contribution >= 4 is 39.2 Å². The van der Waals surface area contributed by atoms with E-state index in [9.17, 15) is 4.79 Å². The lowest BCUT2D eigenvalue weighted by Gasteiger charge is -2.21. The number of aryl methyl sites for hydroxylation is 3. The molecule has 4 rings (SSSR count). The Morgan fingerprint density at radius 3 is 2.81 bits per heavy atom. The van der Waals surface area contributed by atoms with Gasteiger partial charge >= 0.3 is 0 Å². The molecule has 1 amide bonds. The van der Waals surface area contributed by atoms with Crippen LogP contribution in [0.15, 0.2) is 48.0 Å². The molecule has 1 atom stereocenters. The summed E-state index contributed by atoms with van der Waals surface area (Å²) in [5, 5.41) is 4.99. The maximum atomic E-state index is 13.0. The molecule has 0 aliphatic rings. The third kappa shape index (κ3) is 4.28. The number of methoxy groups -OCH3 is 1. The van der Waals surface area contributed by atoms with Gasteiger partial charge in [-0.2, -0.15) is 0 Å². The highest BCUT2D eigenvalue weighted by atomic mass is 32.2. The second-order valence-electron chi connectivity index (χ2n) is 7.07. The van der Waals surface area contributed by atoms with Crippen LogP contribution in [-0.4, -0.2) is 38.3 Å².